The standard InChI is InChI=1S/C15H13F2N3/c1-9-5-15(12(7-18)10(2)20-9)19-8-11-3-4-13(16)14(17)6-11/h3-6H,8H2,1-2H3,(H,19,20). The van der Waals surface area contributed by atoms with Crippen molar-refractivity contribution in [3.63, 3.8) is 0 Å². The fourth-order valence-corrected chi connectivity index (χ4v) is 1.96. The van der Waals surface area contributed by atoms with Crippen molar-refractivity contribution in [2.24, 2.45) is 0 Å². The molecule has 1 aromatic carbocycles. The second-order valence-electron chi connectivity index (χ2n) is 4.49. The van der Waals surface area contributed by atoms with Crippen LogP contribution in [0.2, 0.25) is 0 Å². The molecule has 0 fully saturated rings. The number of aromatic nitrogens is 1. The summed E-state index contributed by atoms with van der Waals surface area (Å²) in [5.41, 5.74) is 3.12. The number of hydrogen-bond acceptors (Lipinski definition) is 3. The highest BCUT2D eigenvalue weighted by Gasteiger charge is 2.08. The maximum Gasteiger partial charge on any atom is 0.159 e. The lowest BCUT2D eigenvalue weighted by molar-refractivity contribution is 0.507. The van der Waals surface area contributed by atoms with Crippen LogP contribution in [-0.2, 0) is 6.54 Å². The van der Waals surface area contributed by atoms with Gasteiger partial charge in [0.1, 0.15) is 6.07 Å². The van der Waals surface area contributed by atoms with Crippen molar-refractivity contribution < 1.29 is 8.78 Å². The van der Waals surface area contributed by atoms with Crippen LogP contribution in [0.15, 0.2) is 24.3 Å². The van der Waals surface area contributed by atoms with Crippen LogP contribution in [0.4, 0.5) is 14.5 Å². The average molecular weight is 273 g/mol. The molecule has 0 radical (unpaired) electrons. The molecule has 1 N–H and O–H groups in total. The summed E-state index contributed by atoms with van der Waals surface area (Å²) < 4.78 is 26.0. The van der Waals surface area contributed by atoms with E-state index in [1.54, 1.807) is 13.0 Å². The Morgan fingerprint density at radius 2 is 1.95 bits per heavy atom. The zero-order valence-electron chi connectivity index (χ0n) is 11.2. The zero-order valence-corrected chi connectivity index (χ0v) is 11.2. The van der Waals surface area contributed by atoms with Crippen LogP contribution in [0.1, 0.15) is 22.5 Å². The molecular weight excluding hydrogens is 260 g/mol. The minimum atomic E-state index is -0.883. The van der Waals surface area contributed by atoms with Gasteiger partial charge < -0.3 is 5.32 Å². The lowest BCUT2D eigenvalue weighted by Crippen LogP contribution is -2.05. The Kier molecular flexibility index (Phi) is 3.94. The Bertz CT molecular complexity index is 690. The lowest BCUT2D eigenvalue weighted by Gasteiger charge is -2.11. The fourth-order valence-electron chi connectivity index (χ4n) is 1.96. The Labute approximate surface area is 115 Å². The summed E-state index contributed by atoms with van der Waals surface area (Å²) in [5.74, 6) is -1.76. The van der Waals surface area contributed by atoms with Gasteiger partial charge in [0.15, 0.2) is 11.6 Å². The number of aryl methyl sites for hydroxylation is 2. The van der Waals surface area contributed by atoms with E-state index in [-0.39, 0.29) is 0 Å². The number of rotatable bonds is 3. The summed E-state index contributed by atoms with van der Waals surface area (Å²) in [4.78, 5) is 4.21. The lowest BCUT2D eigenvalue weighted by atomic mass is 10.1. The maximum absolute atomic E-state index is 13.1. The van der Waals surface area contributed by atoms with E-state index in [9.17, 15) is 8.78 Å². The van der Waals surface area contributed by atoms with E-state index in [4.69, 9.17) is 5.26 Å². The summed E-state index contributed by atoms with van der Waals surface area (Å²) >= 11 is 0. The zero-order chi connectivity index (χ0) is 14.7. The number of benzene rings is 1. The van der Waals surface area contributed by atoms with Crippen LogP contribution < -0.4 is 5.32 Å². The van der Waals surface area contributed by atoms with Crippen molar-refractivity contribution in [1.82, 2.24) is 4.98 Å². The largest absolute Gasteiger partial charge is 0.380 e. The van der Waals surface area contributed by atoms with Gasteiger partial charge in [0, 0.05) is 12.2 Å². The normalized spacial score (nSPS) is 10.2. The first-order valence-electron chi connectivity index (χ1n) is 6.07. The van der Waals surface area contributed by atoms with Gasteiger partial charge in [-0.2, -0.15) is 5.26 Å². The van der Waals surface area contributed by atoms with Crippen molar-refractivity contribution in [3.05, 3.63) is 58.4 Å². The molecule has 0 bridgehead atoms. The highest BCUT2D eigenvalue weighted by atomic mass is 19.2. The molecule has 0 aliphatic carbocycles. The molecule has 3 nitrogen and oxygen atoms in total. The molecule has 102 valence electrons. The van der Waals surface area contributed by atoms with Gasteiger partial charge in [-0.1, -0.05) is 6.07 Å². The number of nitrogens with zero attached hydrogens (tertiary/aromatic N) is 2. The minimum absolute atomic E-state index is 0.300. The van der Waals surface area contributed by atoms with Crippen molar-refractivity contribution >= 4 is 5.69 Å². The first-order chi connectivity index (χ1) is 9.51. The molecule has 5 heteroatoms. The third-order valence-electron chi connectivity index (χ3n) is 2.91. The maximum atomic E-state index is 13.1. The average Bonchev–Trinajstić information content (AvgIpc) is 2.39. The molecule has 0 atom stereocenters. The summed E-state index contributed by atoms with van der Waals surface area (Å²) in [7, 11) is 0. The van der Waals surface area contributed by atoms with E-state index in [2.05, 4.69) is 16.4 Å². The molecule has 0 aliphatic heterocycles. The number of anilines is 1. The predicted octanol–water partition coefficient (Wildman–Crippen LogP) is 3.46. The summed E-state index contributed by atoms with van der Waals surface area (Å²) in [6.45, 7) is 3.89. The number of nitriles is 1. The number of halogens is 2. The van der Waals surface area contributed by atoms with E-state index < -0.39 is 11.6 Å². The third-order valence-corrected chi connectivity index (χ3v) is 2.91. The Balaban J connectivity index is 2.23. The predicted molar refractivity (Wildman–Crippen MR) is 72.1 cm³/mol. The van der Waals surface area contributed by atoms with Crippen LogP contribution >= 0.6 is 0 Å². The molecule has 0 unspecified atom stereocenters. The van der Waals surface area contributed by atoms with E-state index in [1.807, 2.05) is 6.92 Å². The molecule has 0 aliphatic rings. The Hall–Kier alpha value is -2.48. The summed E-state index contributed by atoms with van der Waals surface area (Å²) in [6, 6.07) is 7.56. The molecule has 1 heterocycles. The van der Waals surface area contributed by atoms with Gasteiger partial charge in [-0.3, -0.25) is 4.98 Å². The smallest absolute Gasteiger partial charge is 0.159 e. The molecule has 0 saturated heterocycles. The minimum Gasteiger partial charge on any atom is -0.380 e. The first kappa shape index (κ1) is 13.9. The molecular formula is C15H13F2N3. The van der Waals surface area contributed by atoms with Gasteiger partial charge in [0.05, 0.1) is 16.9 Å². The monoisotopic (exact) mass is 273 g/mol. The van der Waals surface area contributed by atoms with Crippen LogP contribution in [-0.4, -0.2) is 4.98 Å². The highest BCUT2D eigenvalue weighted by Crippen LogP contribution is 2.20. The first-order valence-corrected chi connectivity index (χ1v) is 6.07. The van der Waals surface area contributed by atoms with Crippen molar-refractivity contribution in [3.8, 4) is 6.07 Å². The molecule has 2 rings (SSSR count). The van der Waals surface area contributed by atoms with Gasteiger partial charge in [0.25, 0.3) is 0 Å². The second kappa shape index (κ2) is 5.66. The van der Waals surface area contributed by atoms with Crippen molar-refractivity contribution in [2.45, 2.75) is 20.4 Å². The second-order valence-corrected chi connectivity index (χ2v) is 4.49. The molecule has 0 amide bonds. The summed E-state index contributed by atoms with van der Waals surface area (Å²) in [5, 5.41) is 12.2. The van der Waals surface area contributed by atoms with Gasteiger partial charge >= 0.3 is 0 Å². The fraction of sp³-hybridized carbons (Fsp3) is 0.200. The molecule has 1 aromatic heterocycles. The van der Waals surface area contributed by atoms with Crippen LogP contribution in [0.25, 0.3) is 0 Å². The van der Waals surface area contributed by atoms with Gasteiger partial charge in [-0.15, -0.1) is 0 Å². The van der Waals surface area contributed by atoms with E-state index in [0.717, 1.165) is 17.8 Å². The Morgan fingerprint density at radius 3 is 2.60 bits per heavy atom. The summed E-state index contributed by atoms with van der Waals surface area (Å²) in [6.07, 6.45) is 0. The van der Waals surface area contributed by atoms with Crippen molar-refractivity contribution in [2.75, 3.05) is 5.32 Å². The molecule has 0 saturated carbocycles. The van der Waals surface area contributed by atoms with Crippen LogP contribution in [0.5, 0.6) is 0 Å². The SMILES string of the molecule is Cc1cc(NCc2ccc(F)c(F)c2)c(C#N)c(C)n1. The topological polar surface area (TPSA) is 48.7 Å². The van der Waals surface area contributed by atoms with Crippen LogP contribution in [0.3, 0.4) is 0 Å². The van der Waals surface area contributed by atoms with E-state index in [0.29, 0.717) is 29.1 Å². The number of hydrogen-bond donors (Lipinski definition) is 1. The number of nitrogens with one attached hydrogen (secondary N) is 1. The van der Waals surface area contributed by atoms with E-state index >= 15 is 0 Å². The third kappa shape index (κ3) is 2.91. The number of pyridine rings is 1. The van der Waals surface area contributed by atoms with Crippen molar-refractivity contribution in [1.29, 1.82) is 5.26 Å². The van der Waals surface area contributed by atoms with Gasteiger partial charge in [-0.25, -0.2) is 8.78 Å². The van der Waals surface area contributed by atoms with Gasteiger partial charge in [0.2, 0.25) is 0 Å². The Morgan fingerprint density at radius 1 is 1.20 bits per heavy atom. The van der Waals surface area contributed by atoms with Crippen LogP contribution in [0, 0.1) is 36.8 Å². The highest BCUT2D eigenvalue weighted by molar-refractivity contribution is 5.59. The molecule has 20 heavy (non-hydrogen) atoms. The molecule has 0 spiro atoms. The van der Waals surface area contributed by atoms with Gasteiger partial charge in [-0.05, 0) is 37.6 Å². The molecule has 2 aromatic rings. The quantitative estimate of drug-likeness (QED) is 0.931. The van der Waals surface area contributed by atoms with E-state index in [1.165, 1.54) is 6.07 Å².